The molecule has 4 rings (SSSR count). The number of aliphatic carboxylic acids is 1. The highest BCUT2D eigenvalue weighted by Gasteiger charge is 2.35. The van der Waals surface area contributed by atoms with Crippen molar-refractivity contribution in [3.8, 4) is 11.5 Å². The molecule has 0 saturated carbocycles. The lowest BCUT2D eigenvalue weighted by Crippen LogP contribution is -2.23. The van der Waals surface area contributed by atoms with Gasteiger partial charge in [0.15, 0.2) is 29.7 Å². The van der Waals surface area contributed by atoms with Crippen LogP contribution >= 0.6 is 11.6 Å². The number of phenolic OH excluding ortho intramolecular Hbond substituents is 1. The maximum Gasteiger partial charge on any atom is 0.341 e. The van der Waals surface area contributed by atoms with Crippen LogP contribution in [0.15, 0.2) is 59.5 Å². The number of hydrogen-bond donors (Lipinski definition) is 3. The van der Waals surface area contributed by atoms with E-state index in [0.717, 1.165) is 6.07 Å². The molecule has 33 heavy (non-hydrogen) atoms. The van der Waals surface area contributed by atoms with Gasteiger partial charge in [0.2, 0.25) is 0 Å². The molecular formula is C22H14ClNO8S. The molecule has 0 aromatic heterocycles. The van der Waals surface area contributed by atoms with Crippen molar-refractivity contribution < 1.29 is 37.8 Å². The van der Waals surface area contributed by atoms with Crippen LogP contribution in [0.5, 0.6) is 11.5 Å². The fraction of sp³-hybridized carbons (Fsp3) is 0.0455. The number of carboxylic acids is 1. The highest BCUT2D eigenvalue weighted by Crippen LogP contribution is 2.44. The van der Waals surface area contributed by atoms with E-state index in [2.05, 4.69) is 4.72 Å². The molecule has 0 amide bonds. The summed E-state index contributed by atoms with van der Waals surface area (Å²) in [5.41, 5.74) is -0.951. The first-order chi connectivity index (χ1) is 15.6. The third-order valence-corrected chi connectivity index (χ3v) is 6.48. The zero-order chi connectivity index (χ0) is 23.9. The van der Waals surface area contributed by atoms with E-state index >= 15 is 0 Å². The van der Waals surface area contributed by atoms with Gasteiger partial charge < -0.3 is 14.9 Å². The summed E-state index contributed by atoms with van der Waals surface area (Å²) in [6, 6.07) is 12.1. The van der Waals surface area contributed by atoms with Crippen molar-refractivity contribution in [3.63, 3.8) is 0 Å². The van der Waals surface area contributed by atoms with Gasteiger partial charge in [-0.15, -0.1) is 0 Å². The highest BCUT2D eigenvalue weighted by molar-refractivity contribution is 7.92. The molecule has 0 unspecified atom stereocenters. The number of carbonyl (C=O) groups excluding carboxylic acids is 2. The minimum absolute atomic E-state index is 0.0454. The van der Waals surface area contributed by atoms with Crippen LogP contribution in [0.2, 0.25) is 5.02 Å². The lowest BCUT2D eigenvalue weighted by atomic mass is 9.83. The highest BCUT2D eigenvalue weighted by atomic mass is 35.5. The number of aromatic hydroxyl groups is 1. The number of sulfonamides is 1. The number of halogens is 1. The molecule has 0 bridgehead atoms. The monoisotopic (exact) mass is 487 g/mol. The van der Waals surface area contributed by atoms with E-state index < -0.39 is 56.9 Å². The second-order valence-corrected chi connectivity index (χ2v) is 9.09. The molecule has 3 aromatic rings. The smallest absolute Gasteiger partial charge is 0.341 e. The number of benzene rings is 3. The summed E-state index contributed by atoms with van der Waals surface area (Å²) < 4.78 is 33.0. The topological polar surface area (TPSA) is 147 Å². The molecule has 0 radical (unpaired) electrons. The Bertz CT molecular complexity index is 1430. The van der Waals surface area contributed by atoms with Crippen molar-refractivity contribution in [2.24, 2.45) is 0 Å². The number of fused-ring (bicyclic) bond motifs is 2. The molecule has 3 aromatic carbocycles. The Labute approximate surface area is 192 Å². The van der Waals surface area contributed by atoms with E-state index in [1.54, 1.807) is 12.1 Å². The number of nitrogens with one attached hydrogen (secondary N) is 1. The Kier molecular flexibility index (Phi) is 5.56. The van der Waals surface area contributed by atoms with Gasteiger partial charge in [0.25, 0.3) is 10.0 Å². The van der Waals surface area contributed by atoms with Gasteiger partial charge in [-0.2, -0.15) is 0 Å². The van der Waals surface area contributed by atoms with Crippen molar-refractivity contribution in [2.45, 2.75) is 4.90 Å². The lowest BCUT2D eigenvalue weighted by Gasteiger charge is -2.22. The predicted octanol–water partition coefficient (Wildman–Crippen LogP) is 3.09. The van der Waals surface area contributed by atoms with E-state index in [9.17, 15) is 27.9 Å². The molecule has 0 fully saturated rings. The predicted molar refractivity (Wildman–Crippen MR) is 117 cm³/mol. The van der Waals surface area contributed by atoms with Gasteiger partial charge in [-0.1, -0.05) is 35.9 Å². The molecular weight excluding hydrogens is 474 g/mol. The normalized spacial score (nSPS) is 12.6. The number of carbonyl (C=O) groups is 3. The Morgan fingerprint density at radius 3 is 2.18 bits per heavy atom. The fourth-order valence-corrected chi connectivity index (χ4v) is 4.57. The van der Waals surface area contributed by atoms with Gasteiger partial charge in [0.05, 0.1) is 16.1 Å². The van der Waals surface area contributed by atoms with E-state index in [4.69, 9.17) is 21.4 Å². The molecule has 0 aliphatic heterocycles. The molecule has 1 aliphatic carbocycles. The molecule has 3 N–H and O–H groups in total. The zero-order valence-electron chi connectivity index (χ0n) is 16.5. The number of carboxylic acid groups (broad SMARTS) is 1. The Balaban J connectivity index is 1.88. The Morgan fingerprint density at radius 2 is 1.58 bits per heavy atom. The maximum atomic E-state index is 13.0. The van der Waals surface area contributed by atoms with Crippen LogP contribution in [-0.4, -0.2) is 42.8 Å². The van der Waals surface area contributed by atoms with Crippen molar-refractivity contribution in [1.29, 1.82) is 0 Å². The summed E-state index contributed by atoms with van der Waals surface area (Å²) in [6.45, 7) is -0.944. The Morgan fingerprint density at radius 1 is 0.970 bits per heavy atom. The van der Waals surface area contributed by atoms with E-state index in [1.807, 2.05) is 0 Å². The van der Waals surface area contributed by atoms with E-state index in [-0.39, 0.29) is 21.6 Å². The zero-order valence-corrected chi connectivity index (χ0v) is 18.1. The summed E-state index contributed by atoms with van der Waals surface area (Å²) in [6.07, 6.45) is 0. The standard InChI is InChI=1S/C22H14ClNO8S/c23-11-5-7-12(8-6-11)33(30,31)24-16-9-15-18(21(29)22(16)32-10-17(25)26)20(28)14-4-2-1-3-13(14)19(15)27/h1-9,24,29H,10H2,(H,25,26). The third-order valence-electron chi connectivity index (χ3n) is 4.85. The number of rotatable bonds is 6. The van der Waals surface area contributed by atoms with Crippen LogP contribution in [0.25, 0.3) is 0 Å². The van der Waals surface area contributed by atoms with Crippen molar-refractivity contribution >= 4 is 44.8 Å². The molecule has 0 spiro atoms. The third kappa shape index (κ3) is 4.01. The molecule has 0 atom stereocenters. The van der Waals surface area contributed by atoms with Gasteiger partial charge in [-0.05, 0) is 30.3 Å². The van der Waals surface area contributed by atoms with Crippen LogP contribution in [0.1, 0.15) is 31.8 Å². The summed E-state index contributed by atoms with van der Waals surface area (Å²) in [7, 11) is -4.27. The van der Waals surface area contributed by atoms with Crippen LogP contribution in [0.3, 0.4) is 0 Å². The lowest BCUT2D eigenvalue weighted by molar-refractivity contribution is -0.139. The Hall–Kier alpha value is -3.89. The summed E-state index contributed by atoms with van der Waals surface area (Å²) in [4.78, 5) is 36.8. The minimum atomic E-state index is -4.27. The van der Waals surface area contributed by atoms with Crippen LogP contribution < -0.4 is 9.46 Å². The van der Waals surface area contributed by atoms with E-state index in [0.29, 0.717) is 5.02 Å². The van der Waals surface area contributed by atoms with Crippen molar-refractivity contribution in [2.75, 3.05) is 11.3 Å². The van der Waals surface area contributed by atoms with Gasteiger partial charge in [0, 0.05) is 21.7 Å². The van der Waals surface area contributed by atoms with Crippen LogP contribution in [0.4, 0.5) is 5.69 Å². The molecule has 0 saturated heterocycles. The van der Waals surface area contributed by atoms with Crippen molar-refractivity contribution in [3.05, 3.63) is 81.9 Å². The quantitative estimate of drug-likeness (QED) is 0.376. The van der Waals surface area contributed by atoms with Gasteiger partial charge in [0.1, 0.15) is 0 Å². The number of phenols is 1. The van der Waals surface area contributed by atoms with Crippen LogP contribution in [0, 0.1) is 0 Å². The van der Waals surface area contributed by atoms with Gasteiger partial charge in [-0.25, -0.2) is 13.2 Å². The molecule has 9 nitrogen and oxygen atoms in total. The average molecular weight is 488 g/mol. The summed E-state index contributed by atoms with van der Waals surface area (Å²) >= 11 is 5.80. The van der Waals surface area contributed by atoms with Crippen molar-refractivity contribution in [1.82, 2.24) is 0 Å². The second-order valence-electron chi connectivity index (χ2n) is 6.97. The SMILES string of the molecule is O=C(O)COc1c(NS(=O)(=O)c2ccc(Cl)cc2)cc2c(c1O)C(=O)c1ccccc1C2=O. The molecule has 0 heterocycles. The fourth-order valence-electron chi connectivity index (χ4n) is 3.39. The largest absolute Gasteiger partial charge is 0.504 e. The van der Waals surface area contributed by atoms with Gasteiger partial charge >= 0.3 is 5.97 Å². The van der Waals surface area contributed by atoms with Crippen LogP contribution in [-0.2, 0) is 14.8 Å². The number of hydrogen-bond acceptors (Lipinski definition) is 7. The molecule has 11 heteroatoms. The molecule has 168 valence electrons. The summed E-state index contributed by atoms with van der Waals surface area (Å²) in [5, 5.41) is 20.1. The number of ether oxygens (including phenoxy) is 1. The first-order valence-electron chi connectivity index (χ1n) is 9.31. The number of ketones is 2. The summed E-state index contributed by atoms with van der Waals surface area (Å²) in [5.74, 6) is -4.17. The minimum Gasteiger partial charge on any atom is -0.504 e. The first-order valence-corrected chi connectivity index (χ1v) is 11.2. The first kappa shape index (κ1) is 22.3. The average Bonchev–Trinajstić information content (AvgIpc) is 2.77. The number of anilines is 1. The second kappa shape index (κ2) is 8.23. The molecule has 1 aliphatic rings. The maximum absolute atomic E-state index is 13.0. The van der Waals surface area contributed by atoms with Gasteiger partial charge in [-0.3, -0.25) is 14.3 Å². The van der Waals surface area contributed by atoms with E-state index in [1.165, 1.54) is 36.4 Å².